The molecule has 0 radical (unpaired) electrons. The molecule has 132 valence electrons. The summed E-state index contributed by atoms with van der Waals surface area (Å²) in [7, 11) is 0. The van der Waals surface area contributed by atoms with Crippen molar-refractivity contribution in [1.29, 1.82) is 0 Å². The van der Waals surface area contributed by atoms with Crippen molar-refractivity contribution in [2.24, 2.45) is 0 Å². The minimum absolute atomic E-state index is 0.492. The zero-order chi connectivity index (χ0) is 16.9. The summed E-state index contributed by atoms with van der Waals surface area (Å²) in [5, 5.41) is 11.8. The molecule has 25 heavy (non-hydrogen) atoms. The van der Waals surface area contributed by atoms with Gasteiger partial charge >= 0.3 is 0 Å². The lowest BCUT2D eigenvalue weighted by Gasteiger charge is -2.35. The standard InChI is InChI=1S/C18H25N7/c1-2-6-15(7-3-1)21-18-22-17(14-20-23-18)25-12-10-24(11-13-25)16-8-4-5-9-19-16/h4-5,8-9,14-15H,1-3,6-7,10-13H2,(H,21,22,23). The minimum Gasteiger partial charge on any atom is -0.353 e. The molecule has 0 aromatic carbocycles. The molecule has 1 aliphatic carbocycles. The van der Waals surface area contributed by atoms with E-state index in [0.717, 1.165) is 37.8 Å². The second kappa shape index (κ2) is 7.63. The largest absolute Gasteiger partial charge is 0.353 e. The van der Waals surface area contributed by atoms with Crippen LogP contribution in [0.3, 0.4) is 0 Å². The van der Waals surface area contributed by atoms with Crippen LogP contribution in [0, 0.1) is 0 Å². The Balaban J connectivity index is 1.37. The quantitative estimate of drug-likeness (QED) is 0.917. The zero-order valence-corrected chi connectivity index (χ0v) is 14.5. The number of rotatable bonds is 4. The number of anilines is 3. The summed E-state index contributed by atoms with van der Waals surface area (Å²) in [5.41, 5.74) is 0. The van der Waals surface area contributed by atoms with Gasteiger partial charge in [-0.2, -0.15) is 10.1 Å². The number of nitrogens with zero attached hydrogens (tertiary/aromatic N) is 6. The van der Waals surface area contributed by atoms with E-state index in [1.54, 1.807) is 6.20 Å². The van der Waals surface area contributed by atoms with Gasteiger partial charge in [0.1, 0.15) is 5.82 Å². The number of nitrogens with one attached hydrogen (secondary N) is 1. The number of piperazine rings is 1. The van der Waals surface area contributed by atoms with E-state index in [0.29, 0.717) is 12.0 Å². The molecule has 3 heterocycles. The molecule has 7 nitrogen and oxygen atoms in total. The van der Waals surface area contributed by atoms with Crippen molar-refractivity contribution in [3.05, 3.63) is 30.6 Å². The number of hydrogen-bond acceptors (Lipinski definition) is 7. The first kappa shape index (κ1) is 16.1. The van der Waals surface area contributed by atoms with Gasteiger partial charge in [-0.05, 0) is 25.0 Å². The maximum Gasteiger partial charge on any atom is 0.244 e. The van der Waals surface area contributed by atoms with E-state index >= 15 is 0 Å². The van der Waals surface area contributed by atoms with Gasteiger partial charge in [0.15, 0.2) is 5.82 Å². The summed E-state index contributed by atoms with van der Waals surface area (Å²) in [6.07, 6.45) is 9.95. The van der Waals surface area contributed by atoms with Crippen molar-refractivity contribution in [3.8, 4) is 0 Å². The van der Waals surface area contributed by atoms with E-state index in [1.807, 2.05) is 18.3 Å². The van der Waals surface area contributed by atoms with Crippen LogP contribution in [0.1, 0.15) is 32.1 Å². The first-order valence-electron chi connectivity index (χ1n) is 9.26. The molecule has 2 aromatic heterocycles. The van der Waals surface area contributed by atoms with Gasteiger partial charge in [0.05, 0.1) is 6.20 Å². The molecule has 0 bridgehead atoms. The Morgan fingerprint density at radius 2 is 1.68 bits per heavy atom. The third-order valence-corrected chi connectivity index (χ3v) is 5.06. The van der Waals surface area contributed by atoms with E-state index in [-0.39, 0.29) is 0 Å². The molecule has 1 saturated heterocycles. The van der Waals surface area contributed by atoms with Gasteiger partial charge in [0.25, 0.3) is 0 Å². The second-order valence-electron chi connectivity index (χ2n) is 6.78. The summed E-state index contributed by atoms with van der Waals surface area (Å²) in [6.45, 7) is 3.70. The van der Waals surface area contributed by atoms with Crippen molar-refractivity contribution >= 4 is 17.6 Å². The zero-order valence-electron chi connectivity index (χ0n) is 14.5. The van der Waals surface area contributed by atoms with E-state index in [2.05, 4.69) is 36.4 Å². The van der Waals surface area contributed by atoms with Gasteiger partial charge in [-0.25, -0.2) is 4.98 Å². The minimum atomic E-state index is 0.492. The molecule has 2 aliphatic rings. The smallest absolute Gasteiger partial charge is 0.244 e. The predicted octanol–water partition coefficient (Wildman–Crippen LogP) is 2.34. The van der Waals surface area contributed by atoms with Crippen molar-refractivity contribution in [3.63, 3.8) is 0 Å². The van der Waals surface area contributed by atoms with Crippen LogP contribution in [0.15, 0.2) is 30.6 Å². The maximum atomic E-state index is 4.70. The van der Waals surface area contributed by atoms with Gasteiger partial charge in [-0.1, -0.05) is 25.3 Å². The molecule has 7 heteroatoms. The first-order valence-corrected chi connectivity index (χ1v) is 9.26. The van der Waals surface area contributed by atoms with Gasteiger partial charge in [0.2, 0.25) is 5.95 Å². The average Bonchev–Trinajstić information content (AvgIpc) is 2.70. The number of hydrogen-bond donors (Lipinski definition) is 1. The third kappa shape index (κ3) is 3.97. The highest BCUT2D eigenvalue weighted by Gasteiger charge is 2.20. The van der Waals surface area contributed by atoms with Crippen LogP contribution in [-0.4, -0.2) is 52.4 Å². The molecular weight excluding hydrogens is 314 g/mol. The van der Waals surface area contributed by atoms with Gasteiger partial charge in [0, 0.05) is 38.4 Å². The SMILES string of the molecule is c1ccc(N2CCN(c3cnnc(NC4CCCCC4)n3)CC2)nc1. The van der Waals surface area contributed by atoms with Gasteiger partial charge < -0.3 is 15.1 Å². The highest BCUT2D eigenvalue weighted by molar-refractivity contribution is 5.45. The molecule has 2 fully saturated rings. The summed E-state index contributed by atoms with van der Waals surface area (Å²) in [6, 6.07) is 6.54. The molecular formula is C18H25N7. The van der Waals surface area contributed by atoms with E-state index in [9.17, 15) is 0 Å². The Morgan fingerprint density at radius 3 is 2.40 bits per heavy atom. The van der Waals surface area contributed by atoms with Crippen LogP contribution < -0.4 is 15.1 Å². The van der Waals surface area contributed by atoms with Crippen LogP contribution >= 0.6 is 0 Å². The Kier molecular flexibility index (Phi) is 4.90. The molecule has 0 atom stereocenters. The van der Waals surface area contributed by atoms with Crippen molar-refractivity contribution in [2.45, 2.75) is 38.1 Å². The molecule has 1 saturated carbocycles. The van der Waals surface area contributed by atoms with Crippen LogP contribution in [0.2, 0.25) is 0 Å². The average molecular weight is 339 g/mol. The van der Waals surface area contributed by atoms with Crippen LogP contribution in [0.25, 0.3) is 0 Å². The van der Waals surface area contributed by atoms with Crippen molar-refractivity contribution < 1.29 is 0 Å². The monoisotopic (exact) mass is 339 g/mol. The number of aromatic nitrogens is 4. The highest BCUT2D eigenvalue weighted by Crippen LogP contribution is 2.21. The fourth-order valence-electron chi connectivity index (χ4n) is 3.64. The summed E-state index contributed by atoms with van der Waals surface area (Å²) in [5.74, 6) is 2.62. The van der Waals surface area contributed by atoms with Crippen LogP contribution in [0.5, 0.6) is 0 Å². The molecule has 0 amide bonds. The Hall–Kier alpha value is -2.44. The third-order valence-electron chi connectivity index (χ3n) is 5.06. The number of pyridine rings is 1. The predicted molar refractivity (Wildman–Crippen MR) is 99.0 cm³/mol. The van der Waals surface area contributed by atoms with Crippen molar-refractivity contribution in [2.75, 3.05) is 41.3 Å². The summed E-state index contributed by atoms with van der Waals surface area (Å²) < 4.78 is 0. The van der Waals surface area contributed by atoms with Crippen LogP contribution in [0.4, 0.5) is 17.6 Å². The lowest BCUT2D eigenvalue weighted by Crippen LogP contribution is -2.47. The molecule has 1 aliphatic heterocycles. The highest BCUT2D eigenvalue weighted by atomic mass is 15.3. The summed E-state index contributed by atoms with van der Waals surface area (Å²) >= 11 is 0. The normalized spacial score (nSPS) is 19.0. The Bertz CT molecular complexity index is 664. The first-order chi connectivity index (χ1) is 12.4. The molecule has 1 N–H and O–H groups in total. The topological polar surface area (TPSA) is 70.1 Å². The molecule has 0 spiro atoms. The lowest BCUT2D eigenvalue weighted by atomic mass is 9.96. The Morgan fingerprint density at radius 1 is 0.920 bits per heavy atom. The van der Waals surface area contributed by atoms with Crippen LogP contribution in [-0.2, 0) is 0 Å². The van der Waals surface area contributed by atoms with E-state index < -0.39 is 0 Å². The molecule has 2 aromatic rings. The molecule has 4 rings (SSSR count). The fourth-order valence-corrected chi connectivity index (χ4v) is 3.64. The van der Waals surface area contributed by atoms with E-state index in [4.69, 9.17) is 4.98 Å². The lowest BCUT2D eigenvalue weighted by molar-refractivity contribution is 0.460. The van der Waals surface area contributed by atoms with Gasteiger partial charge in [-0.3, -0.25) is 0 Å². The summed E-state index contributed by atoms with van der Waals surface area (Å²) in [4.78, 5) is 13.7. The maximum absolute atomic E-state index is 4.70. The van der Waals surface area contributed by atoms with E-state index in [1.165, 1.54) is 32.1 Å². The second-order valence-corrected chi connectivity index (χ2v) is 6.78. The fraction of sp³-hybridized carbons (Fsp3) is 0.556. The van der Waals surface area contributed by atoms with Crippen molar-refractivity contribution in [1.82, 2.24) is 20.2 Å². The van der Waals surface area contributed by atoms with Gasteiger partial charge in [-0.15, -0.1) is 5.10 Å². The Labute approximate surface area is 148 Å². The molecule has 0 unspecified atom stereocenters.